The van der Waals surface area contributed by atoms with Gasteiger partial charge in [-0.15, -0.1) is 5.10 Å². The van der Waals surface area contributed by atoms with Crippen molar-refractivity contribution < 1.29 is 18.8 Å². The lowest BCUT2D eigenvalue weighted by Gasteiger charge is -2.13. The van der Waals surface area contributed by atoms with E-state index in [4.69, 9.17) is 37.7 Å². The molecule has 0 aliphatic heterocycles. The maximum absolute atomic E-state index is 5.94. The second-order valence-electron chi connectivity index (χ2n) is 6.16. The van der Waals surface area contributed by atoms with Crippen molar-refractivity contribution >= 4 is 23.8 Å². The van der Waals surface area contributed by atoms with Gasteiger partial charge in [0, 0.05) is 16.7 Å². The molecule has 3 rings (SSSR count). The number of methoxy groups -OCH3 is 2. The van der Waals surface area contributed by atoms with Crippen LogP contribution in [0.1, 0.15) is 5.56 Å². The molecule has 1 atom stereocenters. The fourth-order valence-electron chi connectivity index (χ4n) is 2.75. The zero-order chi connectivity index (χ0) is 19.4. The number of hydrogen-bond donors (Lipinski definition) is 1. The highest BCUT2D eigenvalue weighted by atomic mass is 35.5. The van der Waals surface area contributed by atoms with E-state index in [-0.39, 0.29) is 0 Å². The molecule has 27 heavy (non-hydrogen) atoms. The minimum atomic E-state index is 0.318. The SMILES string of the molecule is COc1ccc(-c2nn(C[NH+](C)Cc3ccc(Cl)cc3)c(=S)o2)c(OC)c1. The van der Waals surface area contributed by atoms with Crippen molar-refractivity contribution in [2.75, 3.05) is 21.3 Å². The summed E-state index contributed by atoms with van der Waals surface area (Å²) in [6, 6.07) is 13.3. The maximum Gasteiger partial charge on any atom is 0.292 e. The minimum absolute atomic E-state index is 0.318. The zero-order valence-electron chi connectivity index (χ0n) is 15.4. The summed E-state index contributed by atoms with van der Waals surface area (Å²) in [6.07, 6.45) is 0. The Labute approximate surface area is 167 Å². The summed E-state index contributed by atoms with van der Waals surface area (Å²) in [5.74, 6) is 1.72. The Morgan fingerprint density at radius 1 is 1.15 bits per heavy atom. The Kier molecular flexibility index (Phi) is 6.15. The summed E-state index contributed by atoms with van der Waals surface area (Å²) < 4.78 is 18.0. The molecule has 3 aromatic rings. The smallest absolute Gasteiger partial charge is 0.292 e. The van der Waals surface area contributed by atoms with E-state index in [1.54, 1.807) is 25.0 Å². The molecule has 1 aromatic heterocycles. The molecule has 0 amide bonds. The third kappa shape index (κ3) is 4.68. The van der Waals surface area contributed by atoms with Gasteiger partial charge >= 0.3 is 0 Å². The van der Waals surface area contributed by atoms with Crippen molar-refractivity contribution in [2.24, 2.45) is 0 Å². The van der Waals surface area contributed by atoms with E-state index < -0.39 is 0 Å². The van der Waals surface area contributed by atoms with Crippen LogP contribution in [0.15, 0.2) is 46.9 Å². The first-order valence-corrected chi connectivity index (χ1v) is 9.15. The lowest BCUT2D eigenvalue weighted by Crippen LogP contribution is -3.07. The van der Waals surface area contributed by atoms with Crippen molar-refractivity contribution in [3.05, 3.63) is 57.9 Å². The van der Waals surface area contributed by atoms with E-state index in [1.807, 2.05) is 36.4 Å². The summed E-state index contributed by atoms with van der Waals surface area (Å²) in [6.45, 7) is 1.39. The molecule has 1 N–H and O–H groups in total. The molecule has 8 heteroatoms. The second-order valence-corrected chi connectivity index (χ2v) is 6.94. The van der Waals surface area contributed by atoms with Gasteiger partial charge < -0.3 is 18.8 Å². The van der Waals surface area contributed by atoms with E-state index in [0.29, 0.717) is 28.9 Å². The molecule has 0 aliphatic carbocycles. The summed E-state index contributed by atoms with van der Waals surface area (Å²) in [5.41, 5.74) is 1.91. The Hall–Kier alpha value is -2.35. The lowest BCUT2D eigenvalue weighted by molar-refractivity contribution is -0.917. The Bertz CT molecular complexity index is 969. The highest BCUT2D eigenvalue weighted by Gasteiger charge is 2.16. The third-order valence-corrected chi connectivity index (χ3v) is 4.63. The number of nitrogens with one attached hydrogen (secondary N) is 1. The monoisotopic (exact) mass is 406 g/mol. The summed E-state index contributed by atoms with van der Waals surface area (Å²) in [4.78, 5) is 1.52. The van der Waals surface area contributed by atoms with Gasteiger partial charge in [-0.3, -0.25) is 0 Å². The molecule has 0 saturated heterocycles. The molecular formula is C19H21ClN3O3S+. The first-order valence-electron chi connectivity index (χ1n) is 8.36. The molecule has 0 aliphatic rings. The van der Waals surface area contributed by atoms with Gasteiger partial charge in [0.25, 0.3) is 10.7 Å². The van der Waals surface area contributed by atoms with Crippen LogP contribution in [-0.4, -0.2) is 31.0 Å². The van der Waals surface area contributed by atoms with Crippen LogP contribution in [-0.2, 0) is 13.2 Å². The molecular weight excluding hydrogens is 386 g/mol. The predicted octanol–water partition coefficient (Wildman–Crippen LogP) is 3.22. The zero-order valence-corrected chi connectivity index (χ0v) is 16.9. The quantitative estimate of drug-likeness (QED) is 0.610. The van der Waals surface area contributed by atoms with Gasteiger partial charge in [-0.05, 0) is 36.5 Å². The molecule has 6 nitrogen and oxygen atoms in total. The highest BCUT2D eigenvalue weighted by Crippen LogP contribution is 2.32. The number of rotatable bonds is 7. The van der Waals surface area contributed by atoms with E-state index >= 15 is 0 Å². The topological polar surface area (TPSA) is 53.9 Å². The van der Waals surface area contributed by atoms with E-state index in [9.17, 15) is 0 Å². The van der Waals surface area contributed by atoms with E-state index in [0.717, 1.165) is 17.1 Å². The largest absolute Gasteiger partial charge is 0.497 e. The van der Waals surface area contributed by atoms with Crippen LogP contribution in [0.5, 0.6) is 11.5 Å². The van der Waals surface area contributed by atoms with Crippen LogP contribution in [0.4, 0.5) is 0 Å². The Balaban J connectivity index is 1.78. The van der Waals surface area contributed by atoms with Gasteiger partial charge in [0.15, 0.2) is 6.67 Å². The maximum atomic E-state index is 5.94. The average molecular weight is 407 g/mol. The van der Waals surface area contributed by atoms with Gasteiger partial charge in [-0.25, -0.2) is 0 Å². The van der Waals surface area contributed by atoms with Crippen molar-refractivity contribution in [1.29, 1.82) is 0 Å². The summed E-state index contributed by atoms with van der Waals surface area (Å²) >= 11 is 11.3. The first kappa shape index (κ1) is 19.4. The fourth-order valence-corrected chi connectivity index (χ4v) is 3.06. The number of halogens is 1. The van der Waals surface area contributed by atoms with Crippen LogP contribution >= 0.6 is 23.8 Å². The molecule has 0 fully saturated rings. The summed E-state index contributed by atoms with van der Waals surface area (Å²) in [5, 5.41) is 5.25. The van der Waals surface area contributed by atoms with Crippen LogP contribution in [0.25, 0.3) is 11.5 Å². The van der Waals surface area contributed by atoms with Crippen molar-refractivity contribution in [2.45, 2.75) is 13.2 Å². The Morgan fingerprint density at radius 2 is 1.89 bits per heavy atom. The third-order valence-electron chi connectivity index (χ3n) is 4.08. The van der Waals surface area contributed by atoms with Crippen molar-refractivity contribution in [3.63, 3.8) is 0 Å². The van der Waals surface area contributed by atoms with Gasteiger partial charge in [0.2, 0.25) is 0 Å². The van der Waals surface area contributed by atoms with Crippen molar-refractivity contribution in [1.82, 2.24) is 9.78 Å². The number of aromatic nitrogens is 2. The molecule has 0 saturated carbocycles. The van der Waals surface area contributed by atoms with E-state index in [1.165, 1.54) is 10.5 Å². The highest BCUT2D eigenvalue weighted by molar-refractivity contribution is 7.71. The normalized spacial score (nSPS) is 12.0. The van der Waals surface area contributed by atoms with Gasteiger partial charge in [-0.1, -0.05) is 23.7 Å². The van der Waals surface area contributed by atoms with Crippen molar-refractivity contribution in [3.8, 4) is 23.0 Å². The van der Waals surface area contributed by atoms with E-state index in [2.05, 4.69) is 12.1 Å². The molecule has 0 radical (unpaired) electrons. The van der Waals surface area contributed by atoms with Crippen LogP contribution < -0.4 is 14.4 Å². The molecule has 0 bridgehead atoms. The van der Waals surface area contributed by atoms with Crippen LogP contribution in [0, 0.1) is 4.84 Å². The van der Waals surface area contributed by atoms with Gasteiger partial charge in [-0.2, -0.15) is 4.68 Å². The minimum Gasteiger partial charge on any atom is -0.497 e. The Morgan fingerprint density at radius 3 is 2.56 bits per heavy atom. The number of benzene rings is 2. The predicted molar refractivity (Wildman–Crippen MR) is 106 cm³/mol. The second kappa shape index (κ2) is 8.56. The fraction of sp³-hybridized carbons (Fsp3) is 0.263. The molecule has 1 heterocycles. The number of hydrogen-bond acceptors (Lipinski definition) is 5. The average Bonchev–Trinajstić information content (AvgIpc) is 3.03. The molecule has 142 valence electrons. The number of nitrogens with zero attached hydrogens (tertiary/aromatic N) is 2. The van der Waals surface area contributed by atoms with Gasteiger partial charge in [0.05, 0.1) is 26.8 Å². The molecule has 1 unspecified atom stereocenters. The molecule has 2 aromatic carbocycles. The van der Waals surface area contributed by atoms with Gasteiger partial charge in [0.1, 0.15) is 18.0 Å². The standard InChI is InChI=1S/C19H20ClN3O3S/c1-22(11-13-4-6-14(20)7-5-13)12-23-19(27)26-18(21-23)16-9-8-15(24-2)10-17(16)25-3/h4-10H,11-12H2,1-3H3/p+1. The number of quaternary nitrogens is 1. The molecule has 0 spiro atoms. The van der Waals surface area contributed by atoms with Crippen LogP contribution in [0.2, 0.25) is 5.02 Å². The van der Waals surface area contributed by atoms with Crippen LogP contribution in [0.3, 0.4) is 0 Å². The summed E-state index contributed by atoms with van der Waals surface area (Å²) in [7, 11) is 5.26. The number of ether oxygens (including phenoxy) is 2. The first-order chi connectivity index (χ1) is 13.0. The lowest BCUT2D eigenvalue weighted by atomic mass is 10.2.